The average Bonchev–Trinajstić information content (AvgIpc) is 2.35. The summed E-state index contributed by atoms with van der Waals surface area (Å²) in [6.07, 6.45) is 0.879. The highest BCUT2D eigenvalue weighted by Crippen LogP contribution is 2.24. The van der Waals surface area contributed by atoms with Gasteiger partial charge in [0.25, 0.3) is 5.91 Å². The molecule has 4 heteroatoms. The van der Waals surface area contributed by atoms with Gasteiger partial charge in [0.1, 0.15) is 0 Å². The van der Waals surface area contributed by atoms with Gasteiger partial charge >= 0.3 is 0 Å². The number of pyridine rings is 1. The smallest absolute Gasteiger partial charge is 0.250 e. The maximum Gasteiger partial charge on any atom is 0.250 e. The number of primary amides is 1. The van der Waals surface area contributed by atoms with Crippen molar-refractivity contribution in [3.05, 3.63) is 41.1 Å². The Labute approximate surface area is 112 Å². The van der Waals surface area contributed by atoms with Crippen molar-refractivity contribution in [3.8, 4) is 0 Å². The van der Waals surface area contributed by atoms with Crippen molar-refractivity contribution >= 4 is 16.8 Å². The number of rotatable bonds is 3. The molecule has 0 atom stereocenters. The summed E-state index contributed by atoms with van der Waals surface area (Å²) in [7, 11) is 0. The van der Waals surface area contributed by atoms with Gasteiger partial charge in [0.05, 0.1) is 11.1 Å². The summed E-state index contributed by atoms with van der Waals surface area (Å²) in [4.78, 5) is 16.3. The van der Waals surface area contributed by atoms with Crippen molar-refractivity contribution in [1.29, 1.82) is 0 Å². The van der Waals surface area contributed by atoms with Gasteiger partial charge in [-0.25, -0.2) is 0 Å². The molecule has 1 fully saturated rings. The third kappa shape index (κ3) is 2.08. The minimum absolute atomic E-state index is 0.406. The third-order valence-electron chi connectivity index (χ3n) is 3.75. The van der Waals surface area contributed by atoms with E-state index in [4.69, 9.17) is 5.73 Å². The monoisotopic (exact) mass is 255 g/mol. The Morgan fingerprint density at radius 3 is 2.79 bits per heavy atom. The van der Waals surface area contributed by atoms with Crippen LogP contribution in [0.2, 0.25) is 0 Å². The van der Waals surface area contributed by atoms with Crippen molar-refractivity contribution in [2.45, 2.75) is 19.3 Å². The van der Waals surface area contributed by atoms with E-state index in [2.05, 4.69) is 29.4 Å². The maximum atomic E-state index is 11.6. The fourth-order valence-corrected chi connectivity index (χ4v) is 2.43. The van der Waals surface area contributed by atoms with Crippen LogP contribution >= 0.6 is 0 Å². The number of aryl methyl sites for hydroxylation is 1. The van der Waals surface area contributed by atoms with Gasteiger partial charge < -0.3 is 11.1 Å². The number of carbonyl (C=O) groups excluding carboxylic acids is 1. The number of carbonyl (C=O) groups is 1. The summed E-state index contributed by atoms with van der Waals surface area (Å²) in [5, 5.41) is 4.22. The fourth-order valence-electron chi connectivity index (χ4n) is 2.43. The lowest BCUT2D eigenvalue weighted by Gasteiger charge is -2.26. The van der Waals surface area contributed by atoms with Crippen LogP contribution in [-0.4, -0.2) is 24.0 Å². The van der Waals surface area contributed by atoms with E-state index in [9.17, 15) is 4.79 Å². The van der Waals surface area contributed by atoms with Gasteiger partial charge in [0.2, 0.25) is 0 Å². The van der Waals surface area contributed by atoms with Gasteiger partial charge in [-0.15, -0.1) is 0 Å². The third-order valence-corrected chi connectivity index (χ3v) is 3.75. The van der Waals surface area contributed by atoms with Gasteiger partial charge in [-0.3, -0.25) is 9.78 Å². The first kappa shape index (κ1) is 12.1. The number of aromatic nitrogens is 1. The van der Waals surface area contributed by atoms with Crippen molar-refractivity contribution in [3.63, 3.8) is 0 Å². The molecule has 98 valence electrons. The SMILES string of the molecule is CCc1cc(C(N)=O)c2nc(C3CNC3)ccc2c1. The molecule has 4 nitrogen and oxygen atoms in total. The first-order chi connectivity index (χ1) is 9.19. The van der Waals surface area contributed by atoms with Crippen molar-refractivity contribution in [1.82, 2.24) is 10.3 Å². The quantitative estimate of drug-likeness (QED) is 0.875. The van der Waals surface area contributed by atoms with Gasteiger partial charge in [-0.2, -0.15) is 0 Å². The lowest BCUT2D eigenvalue weighted by Crippen LogP contribution is -2.40. The number of amides is 1. The highest BCUT2D eigenvalue weighted by Gasteiger charge is 2.21. The van der Waals surface area contributed by atoms with E-state index in [0.29, 0.717) is 11.5 Å². The van der Waals surface area contributed by atoms with Crippen LogP contribution in [0.4, 0.5) is 0 Å². The largest absolute Gasteiger partial charge is 0.366 e. The molecule has 1 aliphatic heterocycles. The normalized spacial score (nSPS) is 15.4. The molecule has 19 heavy (non-hydrogen) atoms. The second kappa shape index (κ2) is 4.63. The number of benzene rings is 1. The highest BCUT2D eigenvalue weighted by molar-refractivity contribution is 6.05. The average molecular weight is 255 g/mol. The van der Waals surface area contributed by atoms with Gasteiger partial charge in [0, 0.05) is 30.1 Å². The first-order valence-electron chi connectivity index (χ1n) is 6.63. The standard InChI is InChI=1S/C15H17N3O/c1-2-9-5-10-3-4-13(11-7-17-8-11)18-14(10)12(6-9)15(16)19/h3-6,11,17H,2,7-8H2,1H3,(H2,16,19). The zero-order valence-corrected chi connectivity index (χ0v) is 10.9. The minimum atomic E-state index is -0.406. The molecule has 1 amide bonds. The Morgan fingerprint density at radius 2 is 2.21 bits per heavy atom. The van der Waals surface area contributed by atoms with Crippen molar-refractivity contribution in [2.75, 3.05) is 13.1 Å². The van der Waals surface area contributed by atoms with Crippen molar-refractivity contribution < 1.29 is 4.79 Å². The lowest BCUT2D eigenvalue weighted by molar-refractivity contribution is 0.100. The molecule has 1 aromatic carbocycles. The summed E-state index contributed by atoms with van der Waals surface area (Å²) < 4.78 is 0. The number of nitrogens with one attached hydrogen (secondary N) is 1. The zero-order valence-electron chi connectivity index (χ0n) is 10.9. The van der Waals surface area contributed by atoms with Crippen LogP contribution in [0.3, 0.4) is 0 Å². The van der Waals surface area contributed by atoms with Crippen LogP contribution in [0.15, 0.2) is 24.3 Å². The molecule has 0 spiro atoms. The van der Waals surface area contributed by atoms with E-state index >= 15 is 0 Å². The Kier molecular flexibility index (Phi) is 2.95. The molecule has 1 saturated heterocycles. The molecule has 3 rings (SSSR count). The molecule has 0 aliphatic carbocycles. The fraction of sp³-hybridized carbons (Fsp3) is 0.333. The summed E-state index contributed by atoms with van der Waals surface area (Å²) in [5.41, 5.74) is 8.90. The first-order valence-corrected chi connectivity index (χ1v) is 6.63. The van der Waals surface area contributed by atoms with Crippen LogP contribution in [0, 0.1) is 0 Å². The van der Waals surface area contributed by atoms with E-state index in [1.807, 2.05) is 12.1 Å². The Balaban J connectivity index is 2.19. The van der Waals surface area contributed by atoms with E-state index in [0.717, 1.165) is 41.7 Å². The minimum Gasteiger partial charge on any atom is -0.366 e. The number of nitrogens with two attached hydrogens (primary N) is 1. The van der Waals surface area contributed by atoms with Crippen LogP contribution in [0.5, 0.6) is 0 Å². The Bertz CT molecular complexity index is 647. The predicted octanol–water partition coefficient (Wildman–Crippen LogP) is 1.58. The van der Waals surface area contributed by atoms with E-state index in [1.165, 1.54) is 0 Å². The molecule has 0 saturated carbocycles. The van der Waals surface area contributed by atoms with Crippen LogP contribution in [0.1, 0.15) is 34.5 Å². The number of fused-ring (bicyclic) bond motifs is 1. The summed E-state index contributed by atoms with van der Waals surface area (Å²) in [5.74, 6) is 0.0488. The summed E-state index contributed by atoms with van der Waals surface area (Å²) in [6, 6.07) is 8.04. The molecular formula is C15H17N3O. The molecular weight excluding hydrogens is 238 g/mol. The second-order valence-corrected chi connectivity index (χ2v) is 5.02. The lowest BCUT2D eigenvalue weighted by atomic mass is 9.96. The van der Waals surface area contributed by atoms with Gasteiger partial charge in [-0.1, -0.05) is 13.0 Å². The van der Waals surface area contributed by atoms with Crippen LogP contribution in [0.25, 0.3) is 10.9 Å². The second-order valence-electron chi connectivity index (χ2n) is 5.02. The van der Waals surface area contributed by atoms with Gasteiger partial charge in [0.15, 0.2) is 0 Å². The topological polar surface area (TPSA) is 68.0 Å². The molecule has 0 radical (unpaired) electrons. The molecule has 0 bridgehead atoms. The molecule has 0 unspecified atom stereocenters. The number of nitrogens with zero attached hydrogens (tertiary/aromatic N) is 1. The predicted molar refractivity (Wildman–Crippen MR) is 75.2 cm³/mol. The highest BCUT2D eigenvalue weighted by atomic mass is 16.1. The molecule has 1 aliphatic rings. The van der Waals surface area contributed by atoms with Crippen LogP contribution in [-0.2, 0) is 6.42 Å². The van der Waals surface area contributed by atoms with E-state index < -0.39 is 5.91 Å². The van der Waals surface area contributed by atoms with Gasteiger partial charge in [-0.05, 0) is 30.2 Å². The van der Waals surface area contributed by atoms with E-state index in [1.54, 1.807) is 0 Å². The Morgan fingerprint density at radius 1 is 1.42 bits per heavy atom. The maximum absolute atomic E-state index is 11.6. The molecule has 2 heterocycles. The Hall–Kier alpha value is -1.94. The number of hydrogen-bond acceptors (Lipinski definition) is 3. The molecule has 3 N–H and O–H groups in total. The van der Waals surface area contributed by atoms with E-state index in [-0.39, 0.29) is 0 Å². The van der Waals surface area contributed by atoms with Crippen molar-refractivity contribution in [2.24, 2.45) is 5.73 Å². The zero-order chi connectivity index (χ0) is 13.4. The number of hydrogen-bond donors (Lipinski definition) is 2. The summed E-state index contributed by atoms with van der Waals surface area (Å²) in [6.45, 7) is 3.97. The van der Waals surface area contributed by atoms with Crippen LogP contribution < -0.4 is 11.1 Å². The molecule has 2 aromatic rings. The summed E-state index contributed by atoms with van der Waals surface area (Å²) >= 11 is 0. The molecule has 1 aromatic heterocycles.